The molecule has 150 valence electrons. The second kappa shape index (κ2) is 10.4. The Morgan fingerprint density at radius 1 is 1.00 bits per heavy atom. The number of carbonyl (C=O) groups excluding carboxylic acids is 1. The quantitative estimate of drug-likeness (QED) is 0.754. The molecule has 1 saturated heterocycles. The zero-order valence-corrected chi connectivity index (χ0v) is 17.1. The smallest absolute Gasteiger partial charge is 0.220 e. The predicted octanol–water partition coefficient (Wildman–Crippen LogP) is 3.93. The third kappa shape index (κ3) is 6.47. The van der Waals surface area contributed by atoms with Crippen LogP contribution >= 0.6 is 0 Å². The van der Waals surface area contributed by atoms with Gasteiger partial charge in [-0.2, -0.15) is 0 Å². The number of ether oxygens (including phenoxy) is 1. The topological polar surface area (TPSA) is 41.6 Å². The minimum Gasteiger partial charge on any atom is -0.373 e. The van der Waals surface area contributed by atoms with Gasteiger partial charge in [-0.25, -0.2) is 0 Å². The Balaban J connectivity index is 1.47. The summed E-state index contributed by atoms with van der Waals surface area (Å²) in [6.45, 7) is 7.65. The molecule has 2 atom stereocenters. The van der Waals surface area contributed by atoms with Gasteiger partial charge in [0.2, 0.25) is 5.91 Å². The minimum absolute atomic E-state index is 0.124. The molecule has 28 heavy (non-hydrogen) atoms. The first kappa shape index (κ1) is 20.6. The molecule has 2 aromatic carbocycles. The first-order chi connectivity index (χ1) is 13.6. The molecule has 1 fully saturated rings. The number of amides is 1. The van der Waals surface area contributed by atoms with E-state index in [2.05, 4.69) is 54.4 Å². The number of aryl methyl sites for hydroxylation is 1. The van der Waals surface area contributed by atoms with E-state index in [4.69, 9.17) is 4.74 Å². The molecule has 0 spiro atoms. The molecular weight excluding hydrogens is 348 g/mol. The van der Waals surface area contributed by atoms with Crippen molar-refractivity contribution in [1.29, 1.82) is 0 Å². The zero-order valence-electron chi connectivity index (χ0n) is 17.1. The first-order valence-electron chi connectivity index (χ1n) is 10.4. The van der Waals surface area contributed by atoms with Crippen molar-refractivity contribution >= 4 is 5.91 Å². The van der Waals surface area contributed by atoms with E-state index in [1.165, 1.54) is 16.7 Å². The fourth-order valence-corrected chi connectivity index (χ4v) is 3.92. The van der Waals surface area contributed by atoms with E-state index in [1.807, 2.05) is 24.3 Å². The van der Waals surface area contributed by atoms with Crippen LogP contribution in [0.3, 0.4) is 0 Å². The highest BCUT2D eigenvalue weighted by molar-refractivity contribution is 5.75. The van der Waals surface area contributed by atoms with Crippen LogP contribution < -0.4 is 5.32 Å². The van der Waals surface area contributed by atoms with Gasteiger partial charge in [0.05, 0.1) is 12.2 Å². The Kier molecular flexibility index (Phi) is 7.63. The maximum Gasteiger partial charge on any atom is 0.220 e. The molecule has 1 aliphatic heterocycles. The average molecular weight is 381 g/mol. The third-order valence-corrected chi connectivity index (χ3v) is 5.20. The van der Waals surface area contributed by atoms with Gasteiger partial charge < -0.3 is 10.1 Å². The Morgan fingerprint density at radius 3 is 2.36 bits per heavy atom. The third-order valence-electron chi connectivity index (χ3n) is 5.20. The van der Waals surface area contributed by atoms with Gasteiger partial charge in [0.1, 0.15) is 0 Å². The molecule has 0 aliphatic carbocycles. The number of nitrogens with one attached hydrogen (secondary N) is 1. The highest BCUT2D eigenvalue weighted by Crippen LogP contribution is 2.17. The molecule has 1 amide bonds. The highest BCUT2D eigenvalue weighted by Gasteiger charge is 2.22. The molecule has 3 rings (SSSR count). The Labute approximate surface area is 168 Å². The normalized spacial score (nSPS) is 20.1. The number of hydrogen-bond donors (Lipinski definition) is 1. The second-order valence-electron chi connectivity index (χ2n) is 7.84. The lowest BCUT2D eigenvalue weighted by molar-refractivity contribution is -0.121. The average Bonchev–Trinajstić information content (AvgIpc) is 2.67. The summed E-state index contributed by atoms with van der Waals surface area (Å²) in [5.41, 5.74) is 3.77. The summed E-state index contributed by atoms with van der Waals surface area (Å²) in [5.74, 6) is 0.124. The van der Waals surface area contributed by atoms with Crippen LogP contribution in [0.15, 0.2) is 54.6 Å². The van der Waals surface area contributed by atoms with Crippen molar-refractivity contribution in [2.75, 3.05) is 13.1 Å². The lowest BCUT2D eigenvalue weighted by Crippen LogP contribution is -2.45. The molecule has 0 unspecified atom stereocenters. The molecule has 4 heteroatoms. The van der Waals surface area contributed by atoms with E-state index in [1.54, 1.807) is 0 Å². The fraction of sp³-hybridized carbons (Fsp3) is 0.458. The Hall–Kier alpha value is -2.17. The fourth-order valence-electron chi connectivity index (χ4n) is 3.92. The maximum absolute atomic E-state index is 12.3. The van der Waals surface area contributed by atoms with E-state index in [-0.39, 0.29) is 18.1 Å². The summed E-state index contributed by atoms with van der Waals surface area (Å²) in [6, 6.07) is 18.7. The monoisotopic (exact) mass is 380 g/mol. The van der Waals surface area contributed by atoms with E-state index in [0.29, 0.717) is 13.0 Å². The van der Waals surface area contributed by atoms with Crippen LogP contribution in [-0.4, -0.2) is 36.1 Å². The van der Waals surface area contributed by atoms with E-state index >= 15 is 0 Å². The van der Waals surface area contributed by atoms with Crippen molar-refractivity contribution in [3.05, 3.63) is 71.3 Å². The van der Waals surface area contributed by atoms with Gasteiger partial charge in [-0.15, -0.1) is 0 Å². The predicted molar refractivity (Wildman–Crippen MR) is 113 cm³/mol. The lowest BCUT2D eigenvalue weighted by Gasteiger charge is -2.35. The van der Waals surface area contributed by atoms with Crippen LogP contribution in [0.5, 0.6) is 0 Å². The van der Waals surface area contributed by atoms with Crippen molar-refractivity contribution < 1.29 is 9.53 Å². The number of nitrogens with zero attached hydrogens (tertiary/aromatic N) is 1. The van der Waals surface area contributed by atoms with Crippen molar-refractivity contribution in [2.24, 2.45) is 0 Å². The number of benzene rings is 2. The SMILES string of the molecule is C[C@H]1CN(Cc2ccccc2CNC(=O)CCCc2ccccc2)C[C@H](C)O1. The minimum atomic E-state index is 0.124. The first-order valence-corrected chi connectivity index (χ1v) is 10.4. The summed E-state index contributed by atoms with van der Waals surface area (Å²) in [7, 11) is 0. The van der Waals surface area contributed by atoms with Crippen LogP contribution in [0.2, 0.25) is 0 Å². The summed E-state index contributed by atoms with van der Waals surface area (Å²) in [5, 5.41) is 3.10. The van der Waals surface area contributed by atoms with Crippen molar-refractivity contribution in [1.82, 2.24) is 10.2 Å². The maximum atomic E-state index is 12.3. The summed E-state index contributed by atoms with van der Waals surface area (Å²) < 4.78 is 5.83. The Bertz CT molecular complexity index is 737. The molecule has 0 aromatic heterocycles. The van der Waals surface area contributed by atoms with Crippen LogP contribution in [-0.2, 0) is 29.0 Å². The molecular formula is C24H32N2O2. The summed E-state index contributed by atoms with van der Waals surface area (Å²) in [6.07, 6.45) is 2.91. The van der Waals surface area contributed by atoms with Crippen molar-refractivity contribution in [3.8, 4) is 0 Å². The highest BCUT2D eigenvalue weighted by atomic mass is 16.5. The van der Waals surface area contributed by atoms with Crippen LogP contribution in [0, 0.1) is 0 Å². The van der Waals surface area contributed by atoms with Crippen LogP contribution in [0.25, 0.3) is 0 Å². The lowest BCUT2D eigenvalue weighted by atomic mass is 10.1. The van der Waals surface area contributed by atoms with Gasteiger partial charge >= 0.3 is 0 Å². The molecule has 1 N–H and O–H groups in total. The summed E-state index contributed by atoms with van der Waals surface area (Å²) in [4.78, 5) is 14.7. The van der Waals surface area contributed by atoms with Crippen LogP contribution in [0.4, 0.5) is 0 Å². The van der Waals surface area contributed by atoms with E-state index < -0.39 is 0 Å². The Morgan fingerprint density at radius 2 is 1.64 bits per heavy atom. The molecule has 1 heterocycles. The van der Waals surface area contributed by atoms with Gasteiger partial charge in [-0.05, 0) is 43.4 Å². The number of rotatable bonds is 8. The van der Waals surface area contributed by atoms with Crippen molar-refractivity contribution in [3.63, 3.8) is 0 Å². The second-order valence-corrected chi connectivity index (χ2v) is 7.84. The molecule has 2 aromatic rings. The molecule has 0 bridgehead atoms. The number of hydrogen-bond acceptors (Lipinski definition) is 3. The van der Waals surface area contributed by atoms with Gasteiger partial charge in [0, 0.05) is 32.6 Å². The molecule has 1 aliphatic rings. The number of morpholine rings is 1. The molecule has 0 saturated carbocycles. The summed E-state index contributed by atoms with van der Waals surface area (Å²) >= 11 is 0. The molecule has 0 radical (unpaired) electrons. The van der Waals surface area contributed by atoms with Crippen LogP contribution in [0.1, 0.15) is 43.4 Å². The van der Waals surface area contributed by atoms with Crippen molar-refractivity contribution in [2.45, 2.75) is 58.4 Å². The standard InChI is InChI=1S/C24H32N2O2/c1-19-16-26(17-20(2)28-19)18-23-13-7-6-12-22(23)15-25-24(27)14-8-11-21-9-4-3-5-10-21/h3-7,9-10,12-13,19-20H,8,11,14-18H2,1-2H3,(H,25,27)/t19-,20-/m0/s1. The van der Waals surface area contributed by atoms with Gasteiger partial charge in [0.25, 0.3) is 0 Å². The largest absolute Gasteiger partial charge is 0.373 e. The van der Waals surface area contributed by atoms with E-state index in [0.717, 1.165) is 32.5 Å². The van der Waals surface area contributed by atoms with Gasteiger partial charge in [-0.3, -0.25) is 9.69 Å². The zero-order chi connectivity index (χ0) is 19.8. The molecule has 4 nitrogen and oxygen atoms in total. The van der Waals surface area contributed by atoms with E-state index in [9.17, 15) is 4.79 Å². The van der Waals surface area contributed by atoms with Gasteiger partial charge in [0.15, 0.2) is 0 Å². The van der Waals surface area contributed by atoms with Gasteiger partial charge in [-0.1, -0.05) is 54.6 Å². The number of carbonyl (C=O) groups is 1.